The highest BCUT2D eigenvalue weighted by Gasteiger charge is 2.33. The van der Waals surface area contributed by atoms with Crippen molar-refractivity contribution in [3.8, 4) is 5.75 Å². The average molecular weight is 434 g/mol. The summed E-state index contributed by atoms with van der Waals surface area (Å²) in [5.74, 6) is -0.754. The van der Waals surface area contributed by atoms with E-state index < -0.39 is 18.7 Å². The molecular formula is C16H24Cl2F3N3O3. The summed E-state index contributed by atoms with van der Waals surface area (Å²) in [5.41, 5.74) is -0.356. The van der Waals surface area contributed by atoms with E-state index in [1.54, 1.807) is 7.11 Å². The number of pyridine rings is 1. The highest BCUT2D eigenvalue weighted by molar-refractivity contribution is 5.94. The van der Waals surface area contributed by atoms with E-state index in [4.69, 9.17) is 9.47 Å². The average Bonchev–Trinajstić information content (AvgIpc) is 2.59. The zero-order valence-corrected chi connectivity index (χ0v) is 16.4. The molecule has 6 nitrogen and oxygen atoms in total. The first-order valence-electron chi connectivity index (χ1n) is 7.98. The van der Waals surface area contributed by atoms with Gasteiger partial charge < -0.3 is 20.1 Å². The van der Waals surface area contributed by atoms with Gasteiger partial charge in [0.15, 0.2) is 18.1 Å². The van der Waals surface area contributed by atoms with Crippen molar-refractivity contribution < 1.29 is 27.4 Å². The number of carbonyl (C=O) groups is 1. The first-order valence-corrected chi connectivity index (χ1v) is 7.98. The lowest BCUT2D eigenvalue weighted by Gasteiger charge is -2.37. The van der Waals surface area contributed by atoms with E-state index in [0.29, 0.717) is 13.2 Å². The number of alkyl halides is 3. The smallest absolute Gasteiger partial charge is 0.422 e. The Kier molecular flexibility index (Phi) is 11.0. The van der Waals surface area contributed by atoms with E-state index in [9.17, 15) is 18.0 Å². The molecule has 1 aliphatic heterocycles. The molecule has 1 saturated heterocycles. The van der Waals surface area contributed by atoms with Crippen LogP contribution in [0.3, 0.4) is 0 Å². The number of amides is 1. The predicted molar refractivity (Wildman–Crippen MR) is 99.0 cm³/mol. The largest absolute Gasteiger partial charge is 0.482 e. The van der Waals surface area contributed by atoms with E-state index in [1.807, 2.05) is 0 Å². The first kappa shape index (κ1) is 25.7. The Balaban J connectivity index is 0.00000338. The van der Waals surface area contributed by atoms with E-state index in [2.05, 4.69) is 15.6 Å². The monoisotopic (exact) mass is 433 g/mol. The van der Waals surface area contributed by atoms with Gasteiger partial charge >= 0.3 is 6.18 Å². The number of methoxy groups -OCH3 is 1. The molecule has 2 heterocycles. The number of aromatic nitrogens is 1. The number of carbonyl (C=O) groups excluding carboxylic acids is 1. The summed E-state index contributed by atoms with van der Waals surface area (Å²) in [4.78, 5) is 16.3. The van der Waals surface area contributed by atoms with Crippen LogP contribution >= 0.6 is 24.8 Å². The lowest BCUT2D eigenvalue weighted by atomic mass is 9.79. The van der Waals surface area contributed by atoms with Crippen LogP contribution < -0.4 is 15.4 Å². The molecule has 0 radical (unpaired) electrons. The second-order valence-corrected chi connectivity index (χ2v) is 6.12. The zero-order valence-electron chi connectivity index (χ0n) is 14.8. The summed E-state index contributed by atoms with van der Waals surface area (Å²) < 4.78 is 47.0. The first-order chi connectivity index (χ1) is 11.9. The van der Waals surface area contributed by atoms with Crippen LogP contribution in [0, 0.1) is 5.41 Å². The molecule has 0 aromatic carbocycles. The molecule has 1 aromatic heterocycles. The molecule has 2 rings (SSSR count). The minimum absolute atomic E-state index is 0. The lowest BCUT2D eigenvalue weighted by Crippen LogP contribution is -2.47. The van der Waals surface area contributed by atoms with Gasteiger partial charge in [0.25, 0.3) is 5.91 Å². The van der Waals surface area contributed by atoms with Crippen molar-refractivity contribution in [1.82, 2.24) is 15.6 Å². The van der Waals surface area contributed by atoms with Gasteiger partial charge in [0.1, 0.15) is 0 Å². The highest BCUT2D eigenvalue weighted by Crippen LogP contribution is 2.28. The normalized spacial score (nSPS) is 15.9. The molecule has 1 aromatic rings. The maximum Gasteiger partial charge on any atom is 0.422 e. The topological polar surface area (TPSA) is 72.5 Å². The van der Waals surface area contributed by atoms with Gasteiger partial charge in [-0.1, -0.05) is 0 Å². The summed E-state index contributed by atoms with van der Waals surface area (Å²) in [7, 11) is 1.60. The van der Waals surface area contributed by atoms with Crippen molar-refractivity contribution in [3.05, 3.63) is 24.0 Å². The third-order valence-corrected chi connectivity index (χ3v) is 4.12. The second kappa shape index (κ2) is 11.5. The van der Waals surface area contributed by atoms with Gasteiger partial charge in [0.2, 0.25) is 0 Å². The third kappa shape index (κ3) is 8.08. The van der Waals surface area contributed by atoms with Gasteiger partial charge in [-0.05, 0) is 38.1 Å². The number of rotatable bonds is 7. The Morgan fingerprint density at radius 2 is 2.00 bits per heavy atom. The van der Waals surface area contributed by atoms with Gasteiger partial charge in [-0.25, -0.2) is 4.98 Å². The van der Waals surface area contributed by atoms with Crippen molar-refractivity contribution in [3.63, 3.8) is 0 Å². The van der Waals surface area contributed by atoms with Crippen LogP contribution in [0.25, 0.3) is 0 Å². The maximum absolute atomic E-state index is 12.4. The minimum Gasteiger partial charge on any atom is -0.482 e. The number of hydrogen-bond acceptors (Lipinski definition) is 5. The molecule has 0 saturated carbocycles. The summed E-state index contributed by atoms with van der Waals surface area (Å²) in [5, 5.41) is 6.01. The third-order valence-electron chi connectivity index (χ3n) is 4.12. The Morgan fingerprint density at radius 3 is 2.59 bits per heavy atom. The fraction of sp³-hybridized carbons (Fsp3) is 0.625. The second-order valence-electron chi connectivity index (χ2n) is 6.12. The molecule has 1 amide bonds. The molecule has 11 heteroatoms. The van der Waals surface area contributed by atoms with Crippen molar-refractivity contribution in [2.75, 3.05) is 40.0 Å². The Hall–Kier alpha value is -1.29. The molecule has 1 fully saturated rings. The molecule has 0 unspecified atom stereocenters. The van der Waals surface area contributed by atoms with Crippen LogP contribution in [0.4, 0.5) is 13.2 Å². The van der Waals surface area contributed by atoms with Crippen LogP contribution in [0.1, 0.15) is 23.3 Å². The Bertz CT molecular complexity index is 580. The molecule has 2 N–H and O–H groups in total. The maximum atomic E-state index is 12.4. The minimum atomic E-state index is -4.48. The highest BCUT2D eigenvalue weighted by atomic mass is 35.5. The quantitative estimate of drug-likeness (QED) is 0.691. The molecule has 0 bridgehead atoms. The van der Waals surface area contributed by atoms with Crippen LogP contribution in [-0.2, 0) is 4.74 Å². The molecule has 27 heavy (non-hydrogen) atoms. The van der Waals surface area contributed by atoms with Crippen LogP contribution in [0.2, 0.25) is 0 Å². The summed E-state index contributed by atoms with van der Waals surface area (Å²) in [6.07, 6.45) is -1.48. The molecule has 1 aliphatic rings. The Morgan fingerprint density at radius 1 is 1.33 bits per heavy atom. The van der Waals surface area contributed by atoms with Crippen LogP contribution in [-0.4, -0.2) is 57.0 Å². The summed E-state index contributed by atoms with van der Waals surface area (Å²) in [6, 6.07) is 2.71. The Labute approximate surface area is 168 Å². The molecule has 0 aliphatic carbocycles. The van der Waals surface area contributed by atoms with Crippen LogP contribution in [0.15, 0.2) is 18.3 Å². The van der Waals surface area contributed by atoms with Crippen molar-refractivity contribution in [2.24, 2.45) is 5.41 Å². The van der Waals surface area contributed by atoms with E-state index in [1.165, 1.54) is 18.3 Å². The molecular weight excluding hydrogens is 410 g/mol. The number of hydrogen-bond donors (Lipinski definition) is 2. The van der Waals surface area contributed by atoms with Gasteiger partial charge in [0, 0.05) is 25.3 Å². The molecule has 0 atom stereocenters. The standard InChI is InChI=1S/C16H22F3N3O3.2ClH/c1-24-10-15(4-7-20-8-5-15)9-22-14(23)13-12(3-2-6-21-13)25-11-16(17,18)19;;/h2-3,6,20H,4-5,7-11H2,1H3,(H,22,23);2*1H. The lowest BCUT2D eigenvalue weighted by molar-refractivity contribution is -0.153. The fourth-order valence-electron chi connectivity index (χ4n) is 2.82. The molecule has 0 spiro atoms. The number of nitrogens with one attached hydrogen (secondary N) is 2. The number of nitrogens with zero attached hydrogens (tertiary/aromatic N) is 1. The van der Waals surface area contributed by atoms with Gasteiger partial charge in [-0.3, -0.25) is 4.79 Å². The predicted octanol–water partition coefficient (Wildman–Crippen LogP) is 2.61. The SMILES string of the molecule is COCC1(CNC(=O)c2ncccc2OCC(F)(F)F)CCNCC1.Cl.Cl. The number of halogens is 5. The molecule has 156 valence electrons. The zero-order chi connectivity index (χ0) is 18.3. The number of ether oxygens (including phenoxy) is 2. The van der Waals surface area contributed by atoms with Crippen molar-refractivity contribution in [1.29, 1.82) is 0 Å². The number of piperidine rings is 1. The summed E-state index contributed by atoms with van der Waals surface area (Å²) in [6.45, 7) is 1.02. The van der Waals surface area contributed by atoms with E-state index in [-0.39, 0.29) is 41.7 Å². The van der Waals surface area contributed by atoms with Gasteiger partial charge in [-0.15, -0.1) is 24.8 Å². The summed E-state index contributed by atoms with van der Waals surface area (Å²) >= 11 is 0. The van der Waals surface area contributed by atoms with Gasteiger partial charge in [-0.2, -0.15) is 13.2 Å². The van der Waals surface area contributed by atoms with E-state index in [0.717, 1.165) is 25.9 Å². The van der Waals surface area contributed by atoms with Gasteiger partial charge in [0.05, 0.1) is 6.61 Å². The van der Waals surface area contributed by atoms with Crippen molar-refractivity contribution >= 4 is 30.7 Å². The van der Waals surface area contributed by atoms with E-state index >= 15 is 0 Å². The fourth-order valence-corrected chi connectivity index (χ4v) is 2.82. The van der Waals surface area contributed by atoms with Crippen molar-refractivity contribution in [2.45, 2.75) is 19.0 Å². The van der Waals surface area contributed by atoms with Crippen LogP contribution in [0.5, 0.6) is 5.75 Å².